The molecule has 0 saturated heterocycles. The molecule has 1 amide bonds. The summed E-state index contributed by atoms with van der Waals surface area (Å²) in [6, 6.07) is 26.0. The summed E-state index contributed by atoms with van der Waals surface area (Å²) < 4.78 is 5.13. The lowest BCUT2D eigenvalue weighted by molar-refractivity contribution is -0.111. The van der Waals surface area contributed by atoms with Gasteiger partial charge in [-0.3, -0.25) is 10.1 Å². The Kier molecular flexibility index (Phi) is 6.01. The van der Waals surface area contributed by atoms with Gasteiger partial charge in [-0.2, -0.15) is 0 Å². The number of thiazole rings is 1. The minimum absolute atomic E-state index is 0.217. The van der Waals surface area contributed by atoms with E-state index in [0.717, 1.165) is 28.1 Å². The van der Waals surface area contributed by atoms with Gasteiger partial charge in [0, 0.05) is 17.0 Å². The molecule has 1 N–H and O–H groups in total. The molecule has 4 rings (SSSR count). The van der Waals surface area contributed by atoms with Gasteiger partial charge < -0.3 is 4.74 Å². The first kappa shape index (κ1) is 19.6. The van der Waals surface area contributed by atoms with Crippen LogP contribution in [0.5, 0.6) is 5.75 Å². The molecule has 0 aliphatic heterocycles. The maximum atomic E-state index is 12.2. The molecule has 1 aromatic heterocycles. The van der Waals surface area contributed by atoms with Crippen LogP contribution in [0.15, 0.2) is 90.3 Å². The Hall–Kier alpha value is -3.70. The first-order valence-electron chi connectivity index (χ1n) is 9.46. The molecule has 3 aromatic carbocycles. The largest absolute Gasteiger partial charge is 0.497 e. The number of amides is 1. The molecule has 0 fully saturated rings. The molecule has 0 aliphatic carbocycles. The Morgan fingerprint density at radius 1 is 0.900 bits per heavy atom. The number of nitrogens with one attached hydrogen (secondary N) is 1. The molecule has 1 heterocycles. The Morgan fingerprint density at radius 2 is 1.57 bits per heavy atom. The van der Waals surface area contributed by atoms with E-state index in [1.54, 1.807) is 13.2 Å². The quantitative estimate of drug-likeness (QED) is 0.387. The summed E-state index contributed by atoms with van der Waals surface area (Å²) in [5.41, 5.74) is 5.12. The molecule has 0 spiro atoms. The van der Waals surface area contributed by atoms with Crippen LogP contribution in [0.25, 0.3) is 28.5 Å². The molecule has 0 unspecified atom stereocenters. The molecule has 0 saturated carbocycles. The first-order valence-corrected chi connectivity index (χ1v) is 10.3. The van der Waals surface area contributed by atoms with Crippen LogP contribution in [0, 0.1) is 0 Å². The molecule has 4 aromatic rings. The van der Waals surface area contributed by atoms with E-state index in [1.807, 2.05) is 60.0 Å². The van der Waals surface area contributed by atoms with Gasteiger partial charge in [0.15, 0.2) is 5.13 Å². The van der Waals surface area contributed by atoms with Gasteiger partial charge >= 0.3 is 0 Å². The van der Waals surface area contributed by atoms with Crippen molar-refractivity contribution in [3.8, 4) is 28.1 Å². The first-order chi connectivity index (χ1) is 14.7. The van der Waals surface area contributed by atoms with Crippen LogP contribution >= 0.6 is 11.3 Å². The molecule has 5 heteroatoms. The summed E-state index contributed by atoms with van der Waals surface area (Å²) in [6.45, 7) is 0. The van der Waals surface area contributed by atoms with Crippen LogP contribution in [-0.2, 0) is 4.79 Å². The van der Waals surface area contributed by atoms with E-state index in [4.69, 9.17) is 4.74 Å². The van der Waals surface area contributed by atoms with Gasteiger partial charge in [0.1, 0.15) is 5.75 Å². The van der Waals surface area contributed by atoms with E-state index in [2.05, 4.69) is 34.6 Å². The number of ether oxygens (including phenoxy) is 1. The van der Waals surface area contributed by atoms with E-state index in [1.165, 1.54) is 23.0 Å². The molecule has 0 atom stereocenters. The second-order valence-corrected chi connectivity index (χ2v) is 7.44. The van der Waals surface area contributed by atoms with Crippen LogP contribution in [-0.4, -0.2) is 18.0 Å². The predicted octanol–water partition coefficient (Wildman–Crippen LogP) is 6.14. The van der Waals surface area contributed by atoms with Crippen molar-refractivity contribution in [2.75, 3.05) is 12.4 Å². The maximum absolute atomic E-state index is 12.2. The summed E-state index contributed by atoms with van der Waals surface area (Å²) in [5.74, 6) is 0.565. The number of rotatable bonds is 6. The minimum atomic E-state index is -0.217. The summed E-state index contributed by atoms with van der Waals surface area (Å²) in [7, 11) is 1.62. The zero-order valence-corrected chi connectivity index (χ0v) is 17.2. The zero-order chi connectivity index (χ0) is 20.8. The highest BCUT2D eigenvalue weighted by molar-refractivity contribution is 7.14. The lowest BCUT2D eigenvalue weighted by Crippen LogP contribution is -2.07. The Labute approximate surface area is 179 Å². The monoisotopic (exact) mass is 412 g/mol. The number of hydrogen-bond acceptors (Lipinski definition) is 4. The van der Waals surface area contributed by atoms with Crippen LogP contribution in [0.1, 0.15) is 5.56 Å². The van der Waals surface area contributed by atoms with E-state index < -0.39 is 0 Å². The standard InChI is InChI=1S/C25H20N2O2S/c1-29-22-14-7-18(8-15-22)9-16-24(28)27-25-26-23(17-30-25)21-12-10-20(11-13-21)19-5-3-2-4-6-19/h2-17H,1H3,(H,26,27,28). The van der Waals surface area contributed by atoms with Gasteiger partial charge in [-0.15, -0.1) is 11.3 Å². The SMILES string of the molecule is COc1ccc(C=CC(=O)Nc2nc(-c3ccc(-c4ccccc4)cc3)cs2)cc1. The summed E-state index contributed by atoms with van der Waals surface area (Å²) in [6.07, 6.45) is 3.25. The van der Waals surface area contributed by atoms with Crippen LogP contribution in [0.4, 0.5) is 5.13 Å². The van der Waals surface area contributed by atoms with Crippen molar-refractivity contribution in [2.45, 2.75) is 0 Å². The third kappa shape index (κ3) is 4.82. The van der Waals surface area contributed by atoms with Crippen molar-refractivity contribution in [3.05, 3.63) is 95.9 Å². The third-order valence-corrected chi connectivity index (χ3v) is 5.32. The predicted molar refractivity (Wildman–Crippen MR) is 124 cm³/mol. The number of methoxy groups -OCH3 is 1. The van der Waals surface area contributed by atoms with Crippen molar-refractivity contribution in [1.82, 2.24) is 4.98 Å². The molecule has 30 heavy (non-hydrogen) atoms. The topological polar surface area (TPSA) is 51.2 Å². The number of aromatic nitrogens is 1. The van der Waals surface area contributed by atoms with Gasteiger partial charge in [0.25, 0.3) is 0 Å². The molecule has 0 radical (unpaired) electrons. The van der Waals surface area contributed by atoms with Crippen molar-refractivity contribution in [1.29, 1.82) is 0 Å². The molecular weight excluding hydrogens is 392 g/mol. The minimum Gasteiger partial charge on any atom is -0.497 e. The highest BCUT2D eigenvalue weighted by atomic mass is 32.1. The summed E-state index contributed by atoms with van der Waals surface area (Å²) >= 11 is 1.41. The summed E-state index contributed by atoms with van der Waals surface area (Å²) in [4.78, 5) is 16.7. The number of carbonyl (C=O) groups is 1. The van der Waals surface area contributed by atoms with Gasteiger partial charge in [-0.05, 0) is 34.9 Å². The molecule has 148 valence electrons. The van der Waals surface area contributed by atoms with Crippen LogP contribution in [0.3, 0.4) is 0 Å². The zero-order valence-electron chi connectivity index (χ0n) is 16.4. The smallest absolute Gasteiger partial charge is 0.250 e. The normalized spacial score (nSPS) is 10.8. The van der Waals surface area contributed by atoms with Gasteiger partial charge in [-0.25, -0.2) is 4.98 Å². The van der Waals surface area contributed by atoms with Gasteiger partial charge in [0.05, 0.1) is 12.8 Å². The highest BCUT2D eigenvalue weighted by Crippen LogP contribution is 2.27. The number of hydrogen-bond donors (Lipinski definition) is 1. The van der Waals surface area contributed by atoms with Crippen LogP contribution in [0.2, 0.25) is 0 Å². The van der Waals surface area contributed by atoms with Crippen LogP contribution < -0.4 is 10.1 Å². The highest BCUT2D eigenvalue weighted by Gasteiger charge is 2.07. The molecular formula is C25H20N2O2S. The van der Waals surface area contributed by atoms with E-state index in [-0.39, 0.29) is 5.91 Å². The number of anilines is 1. The van der Waals surface area contributed by atoms with E-state index >= 15 is 0 Å². The Balaban J connectivity index is 1.40. The van der Waals surface area contributed by atoms with Gasteiger partial charge in [-0.1, -0.05) is 66.7 Å². The van der Waals surface area contributed by atoms with Crippen molar-refractivity contribution < 1.29 is 9.53 Å². The van der Waals surface area contributed by atoms with Crippen molar-refractivity contribution in [2.24, 2.45) is 0 Å². The fourth-order valence-electron chi connectivity index (χ4n) is 2.96. The molecule has 0 bridgehead atoms. The van der Waals surface area contributed by atoms with Crippen molar-refractivity contribution >= 4 is 28.5 Å². The summed E-state index contributed by atoms with van der Waals surface area (Å²) in [5, 5.41) is 5.33. The second kappa shape index (κ2) is 9.20. The Bertz CT molecular complexity index is 1150. The van der Waals surface area contributed by atoms with E-state index in [9.17, 15) is 4.79 Å². The Morgan fingerprint density at radius 3 is 2.27 bits per heavy atom. The second-order valence-electron chi connectivity index (χ2n) is 6.58. The fourth-order valence-corrected chi connectivity index (χ4v) is 3.68. The third-order valence-electron chi connectivity index (χ3n) is 4.57. The van der Waals surface area contributed by atoms with E-state index in [0.29, 0.717) is 5.13 Å². The molecule has 0 aliphatic rings. The maximum Gasteiger partial charge on any atom is 0.250 e. The number of benzene rings is 3. The van der Waals surface area contributed by atoms with Crippen molar-refractivity contribution in [3.63, 3.8) is 0 Å². The van der Waals surface area contributed by atoms with Gasteiger partial charge in [0.2, 0.25) is 5.91 Å². The average molecular weight is 413 g/mol. The lowest BCUT2D eigenvalue weighted by atomic mass is 10.0. The molecule has 4 nitrogen and oxygen atoms in total. The number of carbonyl (C=O) groups excluding carboxylic acids is 1. The lowest BCUT2D eigenvalue weighted by Gasteiger charge is -2.03. The average Bonchev–Trinajstić information content (AvgIpc) is 3.27. The number of nitrogens with zero attached hydrogens (tertiary/aromatic N) is 1. The fraction of sp³-hybridized carbons (Fsp3) is 0.0400.